The Hall–Kier alpha value is -0.170. The van der Waals surface area contributed by atoms with Gasteiger partial charge < -0.3 is 0 Å². The fourth-order valence-corrected chi connectivity index (χ4v) is 1.65. The van der Waals surface area contributed by atoms with E-state index >= 15 is 0 Å². The molecule has 1 heteroatoms. The normalized spacial score (nSPS) is 23.5. The van der Waals surface area contributed by atoms with E-state index < -0.39 is 0 Å². The molecule has 0 amide bonds. The Labute approximate surface area is 54.7 Å². The van der Waals surface area contributed by atoms with Crippen LogP contribution in [-0.4, -0.2) is 10.5 Å². The Morgan fingerprint density at radius 1 is 1.38 bits per heavy atom. The molecule has 1 rings (SSSR count). The van der Waals surface area contributed by atoms with Crippen LogP contribution in [0.3, 0.4) is 0 Å². The molecule has 0 unspecified atom stereocenters. The van der Waals surface area contributed by atoms with Gasteiger partial charge in [0.15, 0.2) is 0 Å². The summed E-state index contributed by atoms with van der Waals surface area (Å²) in [5.74, 6) is 1.26. The maximum absolute atomic E-state index is 3.73. The van der Waals surface area contributed by atoms with Crippen LogP contribution >= 0.6 is 11.8 Å². The maximum Gasteiger partial charge on any atom is 0.0521 e. The maximum atomic E-state index is 3.73. The summed E-state index contributed by atoms with van der Waals surface area (Å²) in [7, 11) is 0. The summed E-state index contributed by atoms with van der Waals surface area (Å²) >= 11 is 1.92. The number of rotatable bonds is 2. The summed E-state index contributed by atoms with van der Waals surface area (Å²) in [6.45, 7) is 7.47. The lowest BCUT2D eigenvalue weighted by Gasteiger charge is -2.34. The number of hydrogen-bond donors (Lipinski definition) is 0. The van der Waals surface area contributed by atoms with Crippen molar-refractivity contribution in [1.29, 1.82) is 0 Å². The lowest BCUT2D eigenvalue weighted by atomic mass is 10.1. The average molecular weight is 126 g/mol. The summed E-state index contributed by atoms with van der Waals surface area (Å²) < 4.78 is 0.250. The van der Waals surface area contributed by atoms with Crippen molar-refractivity contribution in [2.24, 2.45) is 0 Å². The lowest BCUT2D eigenvalue weighted by Crippen LogP contribution is -2.28. The molecule has 0 aromatic rings. The molecule has 0 atom stereocenters. The zero-order valence-corrected chi connectivity index (χ0v) is 5.71. The molecule has 1 saturated heterocycles. The molecule has 0 radical (unpaired) electrons. The van der Waals surface area contributed by atoms with Crippen LogP contribution in [0.5, 0.6) is 0 Å². The van der Waals surface area contributed by atoms with E-state index in [1.165, 1.54) is 12.2 Å². The molecule has 0 aromatic carbocycles. The van der Waals surface area contributed by atoms with E-state index in [1.807, 2.05) is 23.9 Å². The Morgan fingerprint density at radius 2 is 1.88 bits per heavy atom. The van der Waals surface area contributed by atoms with Crippen LogP contribution in [0, 0.1) is 0 Å². The average Bonchev–Trinajstić information content (AvgIpc) is 1.67. The van der Waals surface area contributed by atoms with Crippen LogP contribution in [0.2, 0.25) is 0 Å². The van der Waals surface area contributed by atoms with E-state index in [1.54, 1.807) is 0 Å². The molecule has 1 heterocycles. The van der Waals surface area contributed by atoms with E-state index in [9.17, 15) is 0 Å². The van der Waals surface area contributed by atoms with E-state index in [4.69, 9.17) is 0 Å². The summed E-state index contributed by atoms with van der Waals surface area (Å²) in [6.07, 6.45) is 5.19. The number of thioether (sulfide) groups is 1. The van der Waals surface area contributed by atoms with Gasteiger partial charge in [0.2, 0.25) is 0 Å². The highest BCUT2D eigenvalue weighted by Crippen LogP contribution is 2.42. The van der Waals surface area contributed by atoms with Gasteiger partial charge in [-0.2, -0.15) is 0 Å². The fourth-order valence-electron chi connectivity index (χ4n) is 0.743. The zero-order valence-electron chi connectivity index (χ0n) is 4.89. The molecule has 0 saturated carbocycles. The molecular formula is C7H10S. The van der Waals surface area contributed by atoms with E-state index in [-0.39, 0.29) is 4.75 Å². The van der Waals surface area contributed by atoms with Crippen LogP contribution in [0.25, 0.3) is 0 Å². The standard InChI is InChI=1S/C7H10S/c1-3-7(4-2)5-6-8-7/h3-4H,1-2,5-6H2. The zero-order chi connectivity index (χ0) is 6.04. The lowest BCUT2D eigenvalue weighted by molar-refractivity contribution is 0.787. The molecule has 1 aliphatic heterocycles. The van der Waals surface area contributed by atoms with Crippen molar-refractivity contribution in [2.45, 2.75) is 11.2 Å². The van der Waals surface area contributed by atoms with Gasteiger partial charge >= 0.3 is 0 Å². The summed E-state index contributed by atoms with van der Waals surface area (Å²) in [5.41, 5.74) is 0. The molecule has 0 aliphatic carbocycles. The molecule has 0 N–H and O–H groups in total. The molecule has 1 aliphatic rings. The smallest absolute Gasteiger partial charge is 0.0521 e. The van der Waals surface area contributed by atoms with Gasteiger partial charge in [0, 0.05) is 0 Å². The fraction of sp³-hybridized carbons (Fsp3) is 0.429. The first-order valence-corrected chi connectivity index (χ1v) is 3.73. The second-order valence-corrected chi connectivity index (χ2v) is 3.42. The highest BCUT2D eigenvalue weighted by Gasteiger charge is 2.30. The summed E-state index contributed by atoms with van der Waals surface area (Å²) in [6, 6.07) is 0. The topological polar surface area (TPSA) is 0 Å². The number of hydrogen-bond acceptors (Lipinski definition) is 1. The molecule has 0 spiro atoms. The van der Waals surface area contributed by atoms with Crippen LogP contribution in [-0.2, 0) is 0 Å². The van der Waals surface area contributed by atoms with Crippen molar-refractivity contribution in [3.63, 3.8) is 0 Å². The van der Waals surface area contributed by atoms with E-state index in [0.717, 1.165) is 0 Å². The first-order chi connectivity index (χ1) is 3.83. The predicted octanol–water partition coefficient (Wildman–Crippen LogP) is 2.23. The third-order valence-corrected chi connectivity index (χ3v) is 3.04. The molecule has 1 fully saturated rings. The predicted molar refractivity (Wildman–Crippen MR) is 40.2 cm³/mol. The van der Waals surface area contributed by atoms with Crippen molar-refractivity contribution in [2.75, 3.05) is 5.75 Å². The first kappa shape index (κ1) is 5.96. The Bertz CT molecular complexity index is 102. The van der Waals surface area contributed by atoms with E-state index in [0.29, 0.717) is 0 Å². The van der Waals surface area contributed by atoms with Crippen molar-refractivity contribution >= 4 is 11.8 Å². The SMILES string of the molecule is C=CC1(C=C)CCS1. The monoisotopic (exact) mass is 126 g/mol. The van der Waals surface area contributed by atoms with Gasteiger partial charge in [-0.15, -0.1) is 24.9 Å². The molecule has 0 nitrogen and oxygen atoms in total. The molecule has 8 heavy (non-hydrogen) atoms. The van der Waals surface area contributed by atoms with Crippen LogP contribution in [0.15, 0.2) is 25.3 Å². The van der Waals surface area contributed by atoms with Crippen molar-refractivity contribution in [3.8, 4) is 0 Å². The van der Waals surface area contributed by atoms with Crippen LogP contribution in [0.1, 0.15) is 6.42 Å². The quantitative estimate of drug-likeness (QED) is 0.511. The van der Waals surface area contributed by atoms with Crippen molar-refractivity contribution < 1.29 is 0 Å². The second kappa shape index (κ2) is 1.98. The van der Waals surface area contributed by atoms with Gasteiger partial charge in [0.25, 0.3) is 0 Å². The van der Waals surface area contributed by atoms with E-state index in [2.05, 4.69) is 13.2 Å². The molecule has 0 bridgehead atoms. The molecule has 0 aromatic heterocycles. The molecule has 44 valence electrons. The van der Waals surface area contributed by atoms with Crippen molar-refractivity contribution in [1.82, 2.24) is 0 Å². The van der Waals surface area contributed by atoms with Gasteiger partial charge in [-0.3, -0.25) is 0 Å². The Kier molecular flexibility index (Phi) is 1.47. The minimum absolute atomic E-state index is 0.250. The van der Waals surface area contributed by atoms with Gasteiger partial charge in [-0.25, -0.2) is 0 Å². The summed E-state index contributed by atoms with van der Waals surface area (Å²) in [5, 5.41) is 0. The van der Waals surface area contributed by atoms with Crippen LogP contribution in [0.4, 0.5) is 0 Å². The molecular weight excluding hydrogens is 116 g/mol. The minimum atomic E-state index is 0.250. The van der Waals surface area contributed by atoms with Gasteiger partial charge in [-0.05, 0) is 12.2 Å². The third-order valence-electron chi connectivity index (χ3n) is 1.55. The second-order valence-electron chi connectivity index (χ2n) is 1.96. The minimum Gasteiger partial charge on any atom is -0.147 e. The highest BCUT2D eigenvalue weighted by molar-refractivity contribution is 8.02. The van der Waals surface area contributed by atoms with Crippen molar-refractivity contribution in [3.05, 3.63) is 25.3 Å². The first-order valence-electron chi connectivity index (χ1n) is 2.74. The largest absolute Gasteiger partial charge is 0.147 e. The highest BCUT2D eigenvalue weighted by atomic mass is 32.2. The third kappa shape index (κ3) is 0.711. The van der Waals surface area contributed by atoms with Crippen LogP contribution < -0.4 is 0 Å². The Morgan fingerprint density at radius 3 is 1.88 bits per heavy atom. The summed E-state index contributed by atoms with van der Waals surface area (Å²) in [4.78, 5) is 0. The van der Waals surface area contributed by atoms with Gasteiger partial charge in [0.1, 0.15) is 0 Å². The van der Waals surface area contributed by atoms with Gasteiger partial charge in [0.05, 0.1) is 4.75 Å². The van der Waals surface area contributed by atoms with Gasteiger partial charge in [-0.1, -0.05) is 12.2 Å². The Balaban J connectivity index is 2.57.